The number of Topliss-reactive ketones (excluding diaryl/α,β-unsaturated/α-hetero) is 2. The predicted molar refractivity (Wildman–Crippen MR) is 76.7 cm³/mol. The van der Waals surface area contributed by atoms with E-state index in [1.54, 1.807) is 38.2 Å². The topological polar surface area (TPSA) is 81.4 Å². The molecule has 1 aliphatic heterocycles. The van der Waals surface area contributed by atoms with Crippen LogP contribution in [0.4, 0.5) is 0 Å². The van der Waals surface area contributed by atoms with Crippen LogP contribution in [0.5, 0.6) is 5.75 Å². The van der Waals surface area contributed by atoms with Crippen LogP contribution >= 0.6 is 10.9 Å². The highest BCUT2D eigenvalue weighted by atomic mass is 32.1. The molecule has 3 N–H and O–H groups in total. The summed E-state index contributed by atoms with van der Waals surface area (Å²) in [5.74, 6) is -0.287. The summed E-state index contributed by atoms with van der Waals surface area (Å²) >= 11 is 0. The number of hydrogen-bond donors (Lipinski definition) is 2. The Morgan fingerprint density at radius 2 is 2.05 bits per heavy atom. The van der Waals surface area contributed by atoms with Gasteiger partial charge in [0, 0.05) is 0 Å². The van der Waals surface area contributed by atoms with Crippen LogP contribution in [0.1, 0.15) is 17.3 Å². The smallest absolute Gasteiger partial charge is 0.216 e. The van der Waals surface area contributed by atoms with Crippen molar-refractivity contribution in [2.45, 2.75) is 13.0 Å². The number of rotatable bonds is 0. The van der Waals surface area contributed by atoms with E-state index in [0.29, 0.717) is 16.4 Å². The van der Waals surface area contributed by atoms with Crippen molar-refractivity contribution >= 4 is 32.5 Å². The van der Waals surface area contributed by atoms with E-state index in [1.807, 2.05) is 0 Å². The van der Waals surface area contributed by atoms with Gasteiger partial charge in [0.2, 0.25) is 11.6 Å². The first-order valence-electron chi connectivity index (χ1n) is 5.74. The third-order valence-corrected chi connectivity index (χ3v) is 3.71. The van der Waals surface area contributed by atoms with Crippen molar-refractivity contribution in [3.8, 4) is 5.75 Å². The third kappa shape index (κ3) is 2.65. The molecular formula is C13H14N2O3S. The largest absolute Gasteiger partial charge is 0.482 e. The minimum Gasteiger partial charge on any atom is -0.482 e. The molecule has 1 aromatic carbocycles. The molecule has 1 heterocycles. The first-order valence-corrected chi connectivity index (χ1v) is 6.55. The van der Waals surface area contributed by atoms with Crippen molar-refractivity contribution in [1.82, 2.24) is 5.32 Å². The summed E-state index contributed by atoms with van der Waals surface area (Å²) in [4.78, 5) is 24.6. The lowest BCUT2D eigenvalue weighted by Crippen LogP contribution is -2.33. The van der Waals surface area contributed by atoms with Gasteiger partial charge in [-0.1, -0.05) is 12.1 Å². The van der Waals surface area contributed by atoms with Crippen LogP contribution in [0, 0.1) is 0 Å². The van der Waals surface area contributed by atoms with E-state index >= 15 is 0 Å². The molecule has 0 aliphatic carbocycles. The van der Waals surface area contributed by atoms with Crippen molar-refractivity contribution in [3.63, 3.8) is 0 Å². The van der Waals surface area contributed by atoms with E-state index in [0.717, 1.165) is 10.9 Å². The zero-order valence-corrected chi connectivity index (χ0v) is 11.4. The molecule has 5 nitrogen and oxygen atoms in total. The first kappa shape index (κ1) is 13.7. The Balaban J connectivity index is 2.66. The number of benzene rings is 1. The molecule has 100 valence electrons. The number of carbonyl (C=O) groups excluding carboxylic acids is 2. The van der Waals surface area contributed by atoms with Crippen LogP contribution in [0.3, 0.4) is 0 Å². The second kappa shape index (κ2) is 5.48. The van der Waals surface area contributed by atoms with Crippen molar-refractivity contribution in [2.75, 3.05) is 7.05 Å². The van der Waals surface area contributed by atoms with E-state index in [2.05, 4.69) is 5.32 Å². The Labute approximate surface area is 114 Å². The molecule has 2 rings (SSSR count). The van der Waals surface area contributed by atoms with Gasteiger partial charge in [-0.05, 0) is 26.1 Å². The fourth-order valence-electron chi connectivity index (χ4n) is 1.68. The lowest BCUT2D eigenvalue weighted by molar-refractivity contribution is -0.118. The fourth-order valence-corrected chi connectivity index (χ4v) is 2.47. The highest BCUT2D eigenvalue weighted by molar-refractivity contribution is 8.00. The summed E-state index contributed by atoms with van der Waals surface area (Å²) in [6.45, 7) is 1.62. The van der Waals surface area contributed by atoms with Gasteiger partial charge in [-0.2, -0.15) is 0 Å². The Bertz CT molecular complexity index is 618. The number of ether oxygens (including phenoxy) is 1. The van der Waals surface area contributed by atoms with E-state index < -0.39 is 6.10 Å². The van der Waals surface area contributed by atoms with Crippen LogP contribution < -0.4 is 15.8 Å². The molecule has 1 aliphatic rings. The van der Waals surface area contributed by atoms with Gasteiger partial charge >= 0.3 is 0 Å². The lowest BCUT2D eigenvalue weighted by Gasteiger charge is -2.09. The maximum Gasteiger partial charge on any atom is 0.216 e. The molecule has 19 heavy (non-hydrogen) atoms. The summed E-state index contributed by atoms with van der Waals surface area (Å²) in [6, 6.07) is 6.80. The van der Waals surface area contributed by atoms with Gasteiger partial charge in [0.1, 0.15) is 15.7 Å². The molecule has 0 fully saturated rings. The Kier molecular flexibility index (Phi) is 3.94. The molecule has 0 aromatic heterocycles. The summed E-state index contributed by atoms with van der Waals surface area (Å²) in [5, 5.41) is 3.00. The molecule has 1 aromatic rings. The van der Waals surface area contributed by atoms with Gasteiger partial charge in [-0.25, -0.2) is 0 Å². The average molecular weight is 278 g/mol. The normalized spacial score (nSPS) is 18.5. The van der Waals surface area contributed by atoms with Crippen molar-refractivity contribution < 1.29 is 14.3 Å². The monoisotopic (exact) mass is 278 g/mol. The molecule has 0 radical (unpaired) electrons. The van der Waals surface area contributed by atoms with Crippen molar-refractivity contribution in [1.29, 1.82) is 0 Å². The van der Waals surface area contributed by atoms with E-state index in [1.165, 1.54) is 0 Å². The van der Waals surface area contributed by atoms with Crippen LogP contribution in [0.25, 0.3) is 0 Å². The summed E-state index contributed by atoms with van der Waals surface area (Å²) in [6.07, 6.45) is -0.709. The maximum atomic E-state index is 12.4. The molecule has 1 atom stereocenters. The SMILES string of the molecule is CNC(N)=S=C1C(=O)c2ccccc2OC(C)C1=O. The van der Waals surface area contributed by atoms with Crippen LogP contribution in [-0.4, -0.2) is 34.7 Å². The lowest BCUT2D eigenvalue weighted by atomic mass is 10.1. The summed E-state index contributed by atoms with van der Waals surface area (Å²) in [7, 11) is 2.57. The van der Waals surface area contributed by atoms with Gasteiger partial charge in [-0.15, -0.1) is 10.9 Å². The molecule has 0 saturated carbocycles. The second-order valence-corrected chi connectivity index (χ2v) is 5.05. The predicted octanol–water partition coefficient (Wildman–Crippen LogP) is 0.390. The van der Waals surface area contributed by atoms with Crippen molar-refractivity contribution in [2.24, 2.45) is 5.73 Å². The third-order valence-electron chi connectivity index (χ3n) is 2.69. The van der Waals surface area contributed by atoms with E-state index in [-0.39, 0.29) is 16.4 Å². The fraction of sp³-hybridized carbons (Fsp3) is 0.231. The molecule has 0 saturated heterocycles. The molecule has 0 spiro atoms. The number of carbonyl (C=O) groups is 2. The number of hydrogen-bond acceptors (Lipinski definition) is 3. The van der Waals surface area contributed by atoms with E-state index in [9.17, 15) is 9.59 Å². The average Bonchev–Trinajstić information content (AvgIpc) is 2.50. The van der Waals surface area contributed by atoms with Gasteiger partial charge in [0.25, 0.3) is 0 Å². The zero-order valence-electron chi connectivity index (χ0n) is 10.6. The van der Waals surface area contributed by atoms with Crippen LogP contribution in [0.15, 0.2) is 24.3 Å². The Morgan fingerprint density at radius 1 is 1.37 bits per heavy atom. The van der Waals surface area contributed by atoms with Crippen LogP contribution in [0.2, 0.25) is 0 Å². The summed E-state index contributed by atoms with van der Waals surface area (Å²) < 4.78 is 5.51. The molecular weight excluding hydrogens is 264 g/mol. The van der Waals surface area contributed by atoms with Crippen LogP contribution in [-0.2, 0) is 4.79 Å². The van der Waals surface area contributed by atoms with Crippen molar-refractivity contribution in [3.05, 3.63) is 29.8 Å². The minimum absolute atomic E-state index is 0.0734. The quantitative estimate of drug-likeness (QED) is 0.671. The summed E-state index contributed by atoms with van der Waals surface area (Å²) in [5.41, 5.74) is 6.03. The number of ketones is 2. The highest BCUT2D eigenvalue weighted by Gasteiger charge is 2.32. The molecule has 0 amide bonds. The van der Waals surface area contributed by atoms with E-state index in [4.69, 9.17) is 10.5 Å². The van der Waals surface area contributed by atoms with Gasteiger partial charge in [-0.3, -0.25) is 20.6 Å². The molecule has 0 bridgehead atoms. The molecule has 6 heteroatoms. The minimum atomic E-state index is -0.709. The first-order chi connectivity index (χ1) is 9.04. The number of para-hydroxylation sites is 1. The zero-order chi connectivity index (χ0) is 14.0. The number of nitrogens with two attached hydrogens (primary N) is 1. The second-order valence-electron chi connectivity index (χ2n) is 4.00. The van der Waals surface area contributed by atoms with Gasteiger partial charge in [0.15, 0.2) is 6.10 Å². The van der Waals surface area contributed by atoms with Gasteiger partial charge < -0.3 is 4.74 Å². The Morgan fingerprint density at radius 3 is 2.74 bits per heavy atom. The highest BCUT2D eigenvalue weighted by Crippen LogP contribution is 2.24. The van der Waals surface area contributed by atoms with Gasteiger partial charge in [0.05, 0.1) is 5.56 Å². The molecule has 1 unspecified atom stereocenters. The number of fused-ring (bicyclic) bond motifs is 1. The Hall–Kier alpha value is -1.76. The standard InChI is InChI=1S/C13H14N2O3S/c1-7-10(16)12(19-13(14)15-2)11(17)8-5-3-4-6-9(8)18-7/h3-7,15H,14H2,1-2H3. The number of nitrogens with one attached hydrogen (secondary N) is 1. The maximum absolute atomic E-state index is 12.4.